The molecule has 46 valence electrons. The molecule has 3 N–H and O–H groups in total. The second kappa shape index (κ2) is 2.90. The van der Waals surface area contributed by atoms with Gasteiger partial charge in [-0.05, 0) is 0 Å². The fraction of sp³-hybridized carbons (Fsp3) is 0.250. The maximum Gasteiger partial charge on any atom is 0.333 e. The van der Waals surface area contributed by atoms with Gasteiger partial charge in [0.15, 0.2) is 5.88 Å². The number of hydrogen-bond acceptors (Lipinski definition) is 3. The third-order valence-electron chi connectivity index (χ3n) is 0.501. The smallest absolute Gasteiger partial charge is 0.333 e. The molecule has 0 saturated heterocycles. The van der Waals surface area contributed by atoms with E-state index in [-0.39, 0.29) is 5.88 Å². The number of rotatable bonds is 2. The van der Waals surface area contributed by atoms with Gasteiger partial charge in [-0.15, -0.1) is 0 Å². The van der Waals surface area contributed by atoms with Crippen molar-refractivity contribution in [1.82, 2.24) is 0 Å². The van der Waals surface area contributed by atoms with Crippen LogP contribution in [0.15, 0.2) is 12.0 Å². The lowest BCUT2D eigenvalue weighted by Crippen LogP contribution is -2.02. The van der Waals surface area contributed by atoms with Gasteiger partial charge >= 0.3 is 5.97 Å². The maximum atomic E-state index is 9.73. The van der Waals surface area contributed by atoms with E-state index in [2.05, 4.69) is 4.74 Å². The average Bonchev–Trinajstić information content (AvgIpc) is 1.65. The monoisotopic (exact) mass is 117 g/mol. The molecule has 0 spiro atoms. The van der Waals surface area contributed by atoms with Crippen molar-refractivity contribution in [2.75, 3.05) is 7.11 Å². The Labute approximate surface area is 46.6 Å². The highest BCUT2D eigenvalue weighted by atomic mass is 16.5. The summed E-state index contributed by atoms with van der Waals surface area (Å²) in [6.07, 6.45) is 0.778. The molecular weight excluding hydrogens is 110 g/mol. The highest BCUT2D eigenvalue weighted by Crippen LogP contribution is 1.80. The van der Waals surface area contributed by atoms with Crippen molar-refractivity contribution < 1.29 is 14.6 Å². The van der Waals surface area contributed by atoms with E-state index < -0.39 is 5.97 Å². The number of carboxylic acids is 1. The van der Waals surface area contributed by atoms with E-state index in [0.29, 0.717) is 0 Å². The number of ether oxygens (including phenoxy) is 1. The number of nitrogens with two attached hydrogens (primary N) is 1. The summed E-state index contributed by atoms with van der Waals surface area (Å²) in [5.74, 6) is -1.21. The Morgan fingerprint density at radius 1 is 1.88 bits per heavy atom. The van der Waals surface area contributed by atoms with Gasteiger partial charge in [0.2, 0.25) is 0 Å². The van der Waals surface area contributed by atoms with Crippen molar-refractivity contribution in [1.29, 1.82) is 0 Å². The van der Waals surface area contributed by atoms with E-state index in [1.165, 1.54) is 7.11 Å². The van der Waals surface area contributed by atoms with Crippen LogP contribution < -0.4 is 5.73 Å². The minimum absolute atomic E-state index is 0.0995. The van der Waals surface area contributed by atoms with Crippen molar-refractivity contribution in [2.45, 2.75) is 0 Å². The van der Waals surface area contributed by atoms with Gasteiger partial charge in [-0.2, -0.15) is 0 Å². The topological polar surface area (TPSA) is 72.5 Å². The Bertz CT molecular complexity index is 118. The lowest BCUT2D eigenvalue weighted by atomic mass is 10.6. The van der Waals surface area contributed by atoms with Crippen molar-refractivity contribution in [3.63, 3.8) is 0 Å². The van der Waals surface area contributed by atoms with Crippen LogP contribution in [-0.2, 0) is 9.53 Å². The van der Waals surface area contributed by atoms with Crippen LogP contribution in [0.2, 0.25) is 0 Å². The standard InChI is InChI=1S/C4H7NO3/c1-8-3(5)2-4(6)7/h2H,5H2,1H3,(H,6,7)/b3-2+. The normalized spacial score (nSPS) is 10.9. The molecule has 0 aromatic carbocycles. The van der Waals surface area contributed by atoms with Crippen LogP contribution >= 0.6 is 0 Å². The van der Waals surface area contributed by atoms with Gasteiger partial charge in [-0.3, -0.25) is 0 Å². The first-order valence-electron chi connectivity index (χ1n) is 1.91. The molecule has 0 atom stereocenters. The first-order valence-corrected chi connectivity index (χ1v) is 1.91. The third-order valence-corrected chi connectivity index (χ3v) is 0.501. The van der Waals surface area contributed by atoms with Crippen molar-refractivity contribution in [2.24, 2.45) is 5.73 Å². The van der Waals surface area contributed by atoms with Crippen LogP contribution in [-0.4, -0.2) is 18.2 Å². The summed E-state index contributed by atoms with van der Waals surface area (Å²) in [7, 11) is 1.30. The average molecular weight is 117 g/mol. The lowest BCUT2D eigenvalue weighted by Gasteiger charge is -1.92. The van der Waals surface area contributed by atoms with Crippen LogP contribution in [0.25, 0.3) is 0 Å². The highest BCUT2D eigenvalue weighted by molar-refractivity contribution is 5.80. The largest absolute Gasteiger partial charge is 0.482 e. The Kier molecular flexibility index (Phi) is 2.47. The van der Waals surface area contributed by atoms with Crippen molar-refractivity contribution in [3.8, 4) is 0 Å². The highest BCUT2D eigenvalue weighted by Gasteiger charge is 1.90. The quantitative estimate of drug-likeness (QED) is 0.378. The fourth-order valence-electron chi connectivity index (χ4n) is 0.181. The molecule has 0 heterocycles. The molecule has 0 rings (SSSR count). The Balaban J connectivity index is 3.75. The minimum atomic E-state index is -1.11. The first kappa shape index (κ1) is 6.81. The van der Waals surface area contributed by atoms with Crippen LogP contribution in [0.3, 0.4) is 0 Å². The summed E-state index contributed by atoms with van der Waals surface area (Å²) in [6.45, 7) is 0. The van der Waals surface area contributed by atoms with Gasteiger partial charge in [0.1, 0.15) is 0 Å². The van der Waals surface area contributed by atoms with Gasteiger partial charge in [0.05, 0.1) is 13.2 Å². The number of carboxylic acid groups (broad SMARTS) is 1. The summed E-state index contributed by atoms with van der Waals surface area (Å²) >= 11 is 0. The summed E-state index contributed by atoms with van der Waals surface area (Å²) < 4.78 is 4.32. The lowest BCUT2D eigenvalue weighted by molar-refractivity contribution is -0.131. The van der Waals surface area contributed by atoms with E-state index >= 15 is 0 Å². The van der Waals surface area contributed by atoms with Crippen LogP contribution in [0.4, 0.5) is 0 Å². The maximum absolute atomic E-state index is 9.73. The van der Waals surface area contributed by atoms with Gasteiger partial charge in [-0.1, -0.05) is 0 Å². The second-order valence-electron chi connectivity index (χ2n) is 1.09. The van der Waals surface area contributed by atoms with E-state index in [1.54, 1.807) is 0 Å². The summed E-state index contributed by atoms with van der Waals surface area (Å²) in [5, 5.41) is 7.98. The predicted molar refractivity (Wildman–Crippen MR) is 26.9 cm³/mol. The molecule has 0 aromatic rings. The summed E-state index contributed by atoms with van der Waals surface area (Å²) in [4.78, 5) is 9.73. The summed E-state index contributed by atoms with van der Waals surface area (Å²) in [6, 6.07) is 0. The van der Waals surface area contributed by atoms with Crippen molar-refractivity contribution in [3.05, 3.63) is 12.0 Å². The number of carbonyl (C=O) groups is 1. The van der Waals surface area contributed by atoms with Gasteiger partial charge in [-0.25, -0.2) is 4.79 Å². The van der Waals surface area contributed by atoms with Crippen molar-refractivity contribution >= 4 is 5.97 Å². The van der Waals surface area contributed by atoms with E-state index in [9.17, 15) is 4.79 Å². The number of aliphatic carboxylic acids is 1. The molecule has 0 amide bonds. The second-order valence-corrected chi connectivity index (χ2v) is 1.09. The molecule has 4 heteroatoms. The predicted octanol–water partition coefficient (Wildman–Crippen LogP) is -0.482. The number of methoxy groups -OCH3 is 1. The molecule has 4 nitrogen and oxygen atoms in total. The Hall–Kier alpha value is -1.19. The molecule has 0 radical (unpaired) electrons. The van der Waals surface area contributed by atoms with Gasteiger partial charge in [0, 0.05) is 0 Å². The molecule has 0 bridgehead atoms. The summed E-state index contributed by atoms with van der Waals surface area (Å²) in [5.41, 5.74) is 4.93. The zero-order chi connectivity index (χ0) is 6.57. The SMILES string of the molecule is CO/C(N)=C/C(=O)O. The van der Waals surface area contributed by atoms with Crippen LogP contribution in [0.1, 0.15) is 0 Å². The van der Waals surface area contributed by atoms with E-state index in [4.69, 9.17) is 10.8 Å². The van der Waals surface area contributed by atoms with Crippen LogP contribution in [0.5, 0.6) is 0 Å². The molecular formula is C4H7NO3. The Morgan fingerprint density at radius 3 is 2.50 bits per heavy atom. The van der Waals surface area contributed by atoms with Gasteiger partial charge < -0.3 is 15.6 Å². The zero-order valence-electron chi connectivity index (χ0n) is 4.42. The molecule has 0 aliphatic carbocycles. The van der Waals surface area contributed by atoms with E-state index in [0.717, 1.165) is 6.08 Å². The molecule has 0 aliphatic rings. The minimum Gasteiger partial charge on any atom is -0.482 e. The number of hydrogen-bond donors (Lipinski definition) is 2. The first-order chi connectivity index (χ1) is 3.66. The molecule has 8 heavy (non-hydrogen) atoms. The molecule has 0 unspecified atom stereocenters. The Morgan fingerprint density at radius 2 is 2.38 bits per heavy atom. The van der Waals surface area contributed by atoms with E-state index in [1.807, 2.05) is 0 Å². The molecule has 0 aliphatic heterocycles. The third kappa shape index (κ3) is 3.02. The molecule has 0 fully saturated rings. The zero-order valence-corrected chi connectivity index (χ0v) is 4.42. The molecule has 0 saturated carbocycles. The molecule has 0 aromatic heterocycles. The van der Waals surface area contributed by atoms with Crippen LogP contribution in [0, 0.1) is 0 Å². The fourth-order valence-corrected chi connectivity index (χ4v) is 0.181. The van der Waals surface area contributed by atoms with Gasteiger partial charge in [0.25, 0.3) is 0 Å².